The highest BCUT2D eigenvalue weighted by atomic mass is 16.4. The maximum Gasteiger partial charge on any atom is 0.326 e. The van der Waals surface area contributed by atoms with Gasteiger partial charge in [-0.25, -0.2) is 19.6 Å². The molecule has 0 unspecified atom stereocenters. The Labute approximate surface area is 96.7 Å². The zero-order valence-electron chi connectivity index (χ0n) is 8.83. The number of carbonyl (C=O) groups is 2. The van der Waals surface area contributed by atoms with E-state index in [1.54, 1.807) is 6.07 Å². The fraction of sp³-hybridized carbons (Fsp3) is 0.333. The molecule has 1 aromatic rings. The van der Waals surface area contributed by atoms with Crippen molar-refractivity contribution in [3.05, 3.63) is 18.5 Å². The number of aliphatic hydroxyl groups is 1. The zero-order valence-corrected chi connectivity index (χ0v) is 8.83. The van der Waals surface area contributed by atoms with E-state index >= 15 is 0 Å². The summed E-state index contributed by atoms with van der Waals surface area (Å²) in [6.07, 6.45) is 2.80. The average molecular weight is 240 g/mol. The first kappa shape index (κ1) is 12.8. The van der Waals surface area contributed by atoms with E-state index in [2.05, 4.69) is 20.6 Å². The van der Waals surface area contributed by atoms with E-state index in [1.807, 2.05) is 0 Å². The minimum Gasteiger partial charge on any atom is -0.480 e. The van der Waals surface area contributed by atoms with Crippen molar-refractivity contribution in [2.75, 3.05) is 11.9 Å². The van der Waals surface area contributed by atoms with E-state index in [4.69, 9.17) is 10.2 Å². The number of hydrogen-bond donors (Lipinski definition) is 4. The van der Waals surface area contributed by atoms with Crippen molar-refractivity contribution in [2.45, 2.75) is 12.5 Å². The third-order valence-corrected chi connectivity index (χ3v) is 1.81. The van der Waals surface area contributed by atoms with E-state index in [0.29, 0.717) is 0 Å². The molecule has 0 saturated carbocycles. The lowest BCUT2D eigenvalue weighted by atomic mass is 10.2. The SMILES string of the molecule is O=C(Nc1ncccn1)N[C@@H](CCO)C(=O)O. The van der Waals surface area contributed by atoms with Crippen molar-refractivity contribution in [3.63, 3.8) is 0 Å². The van der Waals surface area contributed by atoms with E-state index in [1.165, 1.54) is 12.4 Å². The second kappa shape index (κ2) is 6.38. The Balaban J connectivity index is 2.51. The monoisotopic (exact) mass is 240 g/mol. The highest BCUT2D eigenvalue weighted by Gasteiger charge is 2.19. The standard InChI is InChI=1S/C9H12N4O4/c14-5-2-6(7(15)16)12-9(17)13-8-10-3-1-4-11-8/h1,3-4,6,14H,2,5H2,(H,15,16)(H2,10,11,12,13,17)/t6-/m0/s1. The second-order valence-corrected chi connectivity index (χ2v) is 3.07. The average Bonchev–Trinajstić information content (AvgIpc) is 2.29. The molecular formula is C9H12N4O4. The molecule has 1 aromatic heterocycles. The molecule has 4 N–H and O–H groups in total. The third kappa shape index (κ3) is 4.43. The quantitative estimate of drug-likeness (QED) is 0.546. The van der Waals surface area contributed by atoms with Crippen LogP contribution < -0.4 is 10.6 Å². The Morgan fingerprint density at radius 3 is 2.53 bits per heavy atom. The van der Waals surface area contributed by atoms with Gasteiger partial charge in [-0.2, -0.15) is 0 Å². The normalized spacial score (nSPS) is 11.6. The number of anilines is 1. The zero-order chi connectivity index (χ0) is 12.7. The van der Waals surface area contributed by atoms with Gasteiger partial charge in [-0.1, -0.05) is 0 Å². The first-order valence-corrected chi connectivity index (χ1v) is 4.81. The summed E-state index contributed by atoms with van der Waals surface area (Å²) in [6.45, 7) is -0.334. The van der Waals surface area contributed by atoms with Gasteiger partial charge in [-0.05, 0) is 6.07 Å². The summed E-state index contributed by atoms with van der Waals surface area (Å²) in [5, 5.41) is 21.8. The number of urea groups is 1. The van der Waals surface area contributed by atoms with Crippen molar-refractivity contribution >= 4 is 17.9 Å². The maximum absolute atomic E-state index is 11.4. The van der Waals surface area contributed by atoms with Crippen LogP contribution in [-0.2, 0) is 4.79 Å². The van der Waals surface area contributed by atoms with E-state index in [-0.39, 0.29) is 19.0 Å². The number of amides is 2. The fourth-order valence-electron chi connectivity index (χ4n) is 1.05. The molecule has 17 heavy (non-hydrogen) atoms. The number of nitrogens with zero attached hydrogens (tertiary/aromatic N) is 2. The highest BCUT2D eigenvalue weighted by Crippen LogP contribution is 1.96. The van der Waals surface area contributed by atoms with E-state index < -0.39 is 18.0 Å². The maximum atomic E-state index is 11.4. The molecule has 1 rings (SSSR count). The van der Waals surface area contributed by atoms with Gasteiger partial charge in [0.05, 0.1) is 0 Å². The third-order valence-electron chi connectivity index (χ3n) is 1.81. The van der Waals surface area contributed by atoms with Crippen LogP contribution >= 0.6 is 0 Å². The number of aromatic nitrogens is 2. The molecule has 0 saturated heterocycles. The van der Waals surface area contributed by atoms with Crippen molar-refractivity contribution in [1.29, 1.82) is 0 Å². The molecule has 0 bridgehead atoms. The number of hydrogen-bond acceptors (Lipinski definition) is 5. The Bertz CT molecular complexity index is 384. The van der Waals surface area contributed by atoms with Gasteiger partial charge in [-0.15, -0.1) is 0 Å². The Kier molecular flexibility index (Phi) is 4.82. The van der Waals surface area contributed by atoms with Gasteiger partial charge < -0.3 is 15.5 Å². The van der Waals surface area contributed by atoms with Crippen LogP contribution in [0.15, 0.2) is 18.5 Å². The summed E-state index contributed by atoms with van der Waals surface area (Å²) in [5.41, 5.74) is 0. The topological polar surface area (TPSA) is 124 Å². The molecule has 92 valence electrons. The molecule has 2 amide bonds. The van der Waals surface area contributed by atoms with Crippen LogP contribution in [0.5, 0.6) is 0 Å². The molecule has 8 heteroatoms. The fourth-order valence-corrected chi connectivity index (χ4v) is 1.05. The molecular weight excluding hydrogens is 228 g/mol. The summed E-state index contributed by atoms with van der Waals surface area (Å²) in [7, 11) is 0. The molecule has 1 atom stereocenters. The molecule has 0 aliphatic heterocycles. The lowest BCUT2D eigenvalue weighted by Crippen LogP contribution is -2.43. The van der Waals surface area contributed by atoms with Crippen molar-refractivity contribution in [3.8, 4) is 0 Å². The Morgan fingerprint density at radius 1 is 1.35 bits per heavy atom. The molecule has 0 aromatic carbocycles. The molecule has 1 heterocycles. The predicted molar refractivity (Wildman–Crippen MR) is 57.3 cm³/mol. The Hall–Kier alpha value is -2.22. The van der Waals surface area contributed by atoms with Gasteiger partial charge >= 0.3 is 12.0 Å². The minimum absolute atomic E-state index is 0.0677. The van der Waals surface area contributed by atoms with Crippen LogP contribution in [0, 0.1) is 0 Å². The van der Waals surface area contributed by atoms with E-state index in [0.717, 1.165) is 0 Å². The molecule has 0 aliphatic rings. The first-order valence-electron chi connectivity index (χ1n) is 4.81. The smallest absolute Gasteiger partial charge is 0.326 e. The predicted octanol–water partition coefficient (Wildman–Crippen LogP) is -0.566. The summed E-state index contributed by atoms with van der Waals surface area (Å²) in [6, 6.07) is -0.310. The molecule has 0 fully saturated rings. The highest BCUT2D eigenvalue weighted by molar-refractivity contribution is 5.90. The van der Waals surface area contributed by atoms with Crippen LogP contribution in [0.1, 0.15) is 6.42 Å². The van der Waals surface area contributed by atoms with Crippen LogP contribution in [-0.4, -0.2) is 44.8 Å². The van der Waals surface area contributed by atoms with Crippen LogP contribution in [0.4, 0.5) is 10.7 Å². The Morgan fingerprint density at radius 2 is 2.00 bits per heavy atom. The molecule has 0 spiro atoms. The van der Waals surface area contributed by atoms with Crippen molar-refractivity contribution < 1.29 is 19.8 Å². The lowest BCUT2D eigenvalue weighted by molar-refractivity contribution is -0.139. The molecule has 0 radical (unpaired) electrons. The van der Waals surface area contributed by atoms with Crippen molar-refractivity contribution in [1.82, 2.24) is 15.3 Å². The molecule has 8 nitrogen and oxygen atoms in total. The summed E-state index contributed by atoms with van der Waals surface area (Å²) >= 11 is 0. The van der Waals surface area contributed by atoms with Gasteiger partial charge in [-0.3, -0.25) is 5.32 Å². The summed E-state index contributed by atoms with van der Waals surface area (Å²) in [4.78, 5) is 29.5. The van der Waals surface area contributed by atoms with Crippen LogP contribution in [0.3, 0.4) is 0 Å². The van der Waals surface area contributed by atoms with Gasteiger partial charge in [0, 0.05) is 25.4 Å². The number of nitrogens with one attached hydrogen (secondary N) is 2. The van der Waals surface area contributed by atoms with Gasteiger partial charge in [0.2, 0.25) is 5.95 Å². The number of carboxylic acid groups (broad SMARTS) is 1. The van der Waals surface area contributed by atoms with Gasteiger partial charge in [0.1, 0.15) is 6.04 Å². The molecule has 0 aliphatic carbocycles. The van der Waals surface area contributed by atoms with Crippen LogP contribution in [0.2, 0.25) is 0 Å². The van der Waals surface area contributed by atoms with Crippen molar-refractivity contribution in [2.24, 2.45) is 0 Å². The van der Waals surface area contributed by atoms with E-state index in [9.17, 15) is 9.59 Å². The van der Waals surface area contributed by atoms with Gasteiger partial charge in [0.15, 0.2) is 0 Å². The number of aliphatic hydroxyl groups excluding tert-OH is 1. The number of rotatable bonds is 5. The number of aliphatic carboxylic acids is 1. The van der Waals surface area contributed by atoms with Gasteiger partial charge in [0.25, 0.3) is 0 Å². The summed E-state index contributed by atoms with van der Waals surface area (Å²) < 4.78 is 0. The minimum atomic E-state index is -1.22. The second-order valence-electron chi connectivity index (χ2n) is 3.07. The van der Waals surface area contributed by atoms with Crippen LogP contribution in [0.25, 0.3) is 0 Å². The number of carboxylic acids is 1. The largest absolute Gasteiger partial charge is 0.480 e. The lowest BCUT2D eigenvalue weighted by Gasteiger charge is -2.13. The number of carbonyl (C=O) groups excluding carboxylic acids is 1. The summed E-state index contributed by atoms with van der Waals surface area (Å²) in [5.74, 6) is -1.15. The first-order chi connectivity index (χ1) is 8.13.